The summed E-state index contributed by atoms with van der Waals surface area (Å²) in [5, 5.41) is 11.1. The van der Waals surface area contributed by atoms with Gasteiger partial charge in [-0.05, 0) is 50.5 Å². The molecule has 172 valence electrons. The molecule has 1 saturated heterocycles. The summed E-state index contributed by atoms with van der Waals surface area (Å²) < 4.78 is 1.80. The number of nitrogens with one attached hydrogen (secondary N) is 1. The van der Waals surface area contributed by atoms with E-state index in [4.69, 9.17) is 5.73 Å². The van der Waals surface area contributed by atoms with Gasteiger partial charge in [0, 0.05) is 25.9 Å². The first-order valence-corrected chi connectivity index (χ1v) is 11.1. The van der Waals surface area contributed by atoms with Gasteiger partial charge in [0.25, 0.3) is 0 Å². The molecule has 33 heavy (non-hydrogen) atoms. The van der Waals surface area contributed by atoms with Crippen molar-refractivity contribution in [2.75, 3.05) is 18.8 Å². The minimum absolute atomic E-state index is 0.0295. The molecular weight excluding hydrogens is 420 g/mol. The van der Waals surface area contributed by atoms with Crippen LogP contribution >= 0.6 is 0 Å². The molecule has 4 aromatic rings. The number of hydrogen-bond donors (Lipinski definition) is 3. The Labute approximate surface area is 190 Å². The van der Waals surface area contributed by atoms with E-state index in [1.165, 1.54) is 17.5 Å². The molecule has 10 nitrogen and oxygen atoms in total. The van der Waals surface area contributed by atoms with Crippen molar-refractivity contribution < 1.29 is 9.90 Å². The summed E-state index contributed by atoms with van der Waals surface area (Å²) in [6.07, 6.45) is 4.31. The molecule has 1 aliphatic heterocycles. The topological polar surface area (TPSA) is 139 Å². The predicted molar refractivity (Wildman–Crippen MR) is 124 cm³/mol. The van der Waals surface area contributed by atoms with Crippen molar-refractivity contribution in [3.05, 3.63) is 41.7 Å². The largest absolute Gasteiger partial charge is 0.388 e. The third-order valence-corrected chi connectivity index (χ3v) is 6.80. The molecule has 0 saturated carbocycles. The third kappa shape index (κ3) is 3.80. The first-order chi connectivity index (χ1) is 15.7. The average Bonchev–Trinajstić information content (AvgIpc) is 3.37. The Bertz CT molecular complexity index is 1320. The molecule has 1 aliphatic rings. The smallest absolute Gasteiger partial charge is 0.223 e. The van der Waals surface area contributed by atoms with Crippen LogP contribution < -0.4 is 5.73 Å². The third-order valence-electron chi connectivity index (χ3n) is 6.80. The number of hydrogen-bond acceptors (Lipinski definition) is 7. The number of H-pyrrole nitrogens is 1. The minimum atomic E-state index is -1.02. The lowest BCUT2D eigenvalue weighted by atomic mass is 9.88. The summed E-state index contributed by atoms with van der Waals surface area (Å²) in [4.78, 5) is 35.5. The number of nitrogen functional groups attached to an aromatic ring is 1. The van der Waals surface area contributed by atoms with E-state index in [0.717, 1.165) is 16.9 Å². The number of benzene rings is 1. The lowest BCUT2D eigenvalue weighted by molar-refractivity contribution is -0.137. The summed E-state index contributed by atoms with van der Waals surface area (Å²) in [6, 6.07) is 3.76. The number of aryl methyl sites for hydroxylation is 3. The van der Waals surface area contributed by atoms with Gasteiger partial charge in [0.15, 0.2) is 11.5 Å². The SMILES string of the molecule is Cc1cc2nc(CCC(=O)N3CC[C@@](C)(O)[C@H](n4cnc5c(N)ncnc54)C3)[nH]c2cc1C. The number of nitrogens with two attached hydrogens (primary N) is 1. The second-order valence-corrected chi connectivity index (χ2v) is 9.18. The fourth-order valence-corrected chi connectivity index (χ4v) is 4.56. The number of carbonyl (C=O) groups excluding carboxylic acids is 1. The van der Waals surface area contributed by atoms with Crippen LogP contribution in [0.4, 0.5) is 5.82 Å². The first-order valence-electron chi connectivity index (χ1n) is 11.1. The number of fused-ring (bicyclic) bond motifs is 2. The van der Waals surface area contributed by atoms with Crippen LogP contribution in [0.25, 0.3) is 22.2 Å². The maximum atomic E-state index is 13.1. The Hall–Kier alpha value is -3.53. The molecule has 10 heteroatoms. The van der Waals surface area contributed by atoms with Gasteiger partial charge < -0.3 is 25.3 Å². The van der Waals surface area contributed by atoms with E-state index in [-0.39, 0.29) is 5.91 Å². The van der Waals surface area contributed by atoms with Crippen molar-refractivity contribution >= 4 is 33.9 Å². The lowest BCUT2D eigenvalue weighted by Gasteiger charge is -2.43. The number of carbonyl (C=O) groups is 1. The summed E-state index contributed by atoms with van der Waals surface area (Å²) in [7, 11) is 0. The van der Waals surface area contributed by atoms with E-state index < -0.39 is 11.6 Å². The summed E-state index contributed by atoms with van der Waals surface area (Å²) in [6.45, 7) is 6.78. The number of aliphatic hydroxyl groups is 1. The number of likely N-dealkylation sites (tertiary alicyclic amines) is 1. The van der Waals surface area contributed by atoms with Crippen LogP contribution in [0, 0.1) is 13.8 Å². The number of piperidine rings is 1. The van der Waals surface area contributed by atoms with Crippen LogP contribution in [0.3, 0.4) is 0 Å². The van der Waals surface area contributed by atoms with Crippen molar-refractivity contribution in [3.8, 4) is 0 Å². The zero-order valence-corrected chi connectivity index (χ0v) is 19.0. The number of aromatic nitrogens is 6. The summed E-state index contributed by atoms with van der Waals surface area (Å²) >= 11 is 0. The molecule has 0 radical (unpaired) electrons. The zero-order chi connectivity index (χ0) is 23.3. The van der Waals surface area contributed by atoms with Crippen LogP contribution in [0.5, 0.6) is 0 Å². The minimum Gasteiger partial charge on any atom is -0.388 e. The van der Waals surface area contributed by atoms with Gasteiger partial charge in [0.05, 0.1) is 29.0 Å². The maximum Gasteiger partial charge on any atom is 0.223 e. The van der Waals surface area contributed by atoms with Gasteiger partial charge in [-0.1, -0.05) is 0 Å². The summed E-state index contributed by atoms with van der Waals surface area (Å²) in [5.74, 6) is 1.12. The highest BCUT2D eigenvalue weighted by atomic mass is 16.3. The molecule has 0 bridgehead atoms. The van der Waals surface area contributed by atoms with E-state index in [9.17, 15) is 9.90 Å². The molecule has 2 atom stereocenters. The molecule has 4 N–H and O–H groups in total. The average molecular weight is 449 g/mol. The Balaban J connectivity index is 1.32. The normalized spacial score (nSPS) is 21.2. The lowest BCUT2D eigenvalue weighted by Crippen LogP contribution is -2.52. The number of nitrogens with zero attached hydrogens (tertiary/aromatic N) is 6. The second kappa shape index (κ2) is 7.80. The molecule has 1 fully saturated rings. The van der Waals surface area contributed by atoms with Gasteiger partial charge in [0.2, 0.25) is 5.91 Å². The standard InChI is InChI=1S/C23H28N8O2/c1-13-8-15-16(9-14(13)2)29-18(28-15)4-5-19(32)30-7-6-23(3,33)17(10-30)31-12-27-20-21(24)25-11-26-22(20)31/h8-9,11-12,17,33H,4-7,10H2,1-3H3,(H,28,29)(H2,24,25,26)/t17-,23-/m1/s1. The molecule has 5 rings (SSSR count). The van der Waals surface area contributed by atoms with Gasteiger partial charge >= 0.3 is 0 Å². The maximum absolute atomic E-state index is 13.1. The molecule has 0 aliphatic carbocycles. The molecule has 0 unspecified atom stereocenters. The molecule has 1 amide bonds. The quantitative estimate of drug-likeness (QED) is 0.434. The number of amides is 1. The Kier molecular flexibility index (Phi) is 5.04. The van der Waals surface area contributed by atoms with E-state index in [2.05, 4.69) is 50.9 Å². The van der Waals surface area contributed by atoms with Crippen LogP contribution in [-0.2, 0) is 11.2 Å². The van der Waals surface area contributed by atoms with Crippen molar-refractivity contribution in [1.29, 1.82) is 0 Å². The van der Waals surface area contributed by atoms with Crippen LogP contribution in [0.15, 0.2) is 24.8 Å². The first kappa shape index (κ1) is 21.3. The van der Waals surface area contributed by atoms with Crippen LogP contribution in [-0.4, -0.2) is 64.1 Å². The fourth-order valence-electron chi connectivity index (χ4n) is 4.56. The van der Waals surface area contributed by atoms with Gasteiger partial charge in [-0.25, -0.2) is 19.9 Å². The highest BCUT2D eigenvalue weighted by molar-refractivity contribution is 5.81. The van der Waals surface area contributed by atoms with Gasteiger partial charge in [-0.2, -0.15) is 0 Å². The molecule has 4 heterocycles. The number of aromatic amines is 1. The van der Waals surface area contributed by atoms with E-state index >= 15 is 0 Å². The van der Waals surface area contributed by atoms with E-state index in [1.54, 1.807) is 22.7 Å². The second-order valence-electron chi connectivity index (χ2n) is 9.18. The number of rotatable bonds is 4. The predicted octanol–water partition coefficient (Wildman–Crippen LogP) is 2.06. The van der Waals surface area contributed by atoms with E-state index in [1.807, 2.05) is 0 Å². The van der Waals surface area contributed by atoms with Gasteiger partial charge in [-0.15, -0.1) is 0 Å². The molecule has 0 spiro atoms. The van der Waals surface area contributed by atoms with Crippen LogP contribution in [0.2, 0.25) is 0 Å². The Morgan fingerprint density at radius 1 is 1.27 bits per heavy atom. The highest BCUT2D eigenvalue weighted by Gasteiger charge is 2.41. The zero-order valence-electron chi connectivity index (χ0n) is 19.0. The van der Waals surface area contributed by atoms with Gasteiger partial charge in [-0.3, -0.25) is 4.79 Å². The molecular formula is C23H28N8O2. The summed E-state index contributed by atoms with van der Waals surface area (Å²) in [5.41, 5.74) is 10.3. The van der Waals surface area contributed by atoms with Gasteiger partial charge in [0.1, 0.15) is 17.7 Å². The Morgan fingerprint density at radius 3 is 2.88 bits per heavy atom. The fraction of sp³-hybridized carbons (Fsp3) is 0.435. The molecule has 3 aromatic heterocycles. The number of imidazole rings is 2. The highest BCUT2D eigenvalue weighted by Crippen LogP contribution is 2.34. The van der Waals surface area contributed by atoms with Crippen LogP contribution in [0.1, 0.15) is 42.8 Å². The van der Waals surface area contributed by atoms with Crippen molar-refractivity contribution in [1.82, 2.24) is 34.4 Å². The van der Waals surface area contributed by atoms with Crippen molar-refractivity contribution in [2.45, 2.75) is 51.7 Å². The van der Waals surface area contributed by atoms with E-state index in [0.29, 0.717) is 49.3 Å². The van der Waals surface area contributed by atoms with Crippen molar-refractivity contribution in [2.24, 2.45) is 0 Å². The molecule has 1 aromatic carbocycles. The monoisotopic (exact) mass is 448 g/mol. The number of anilines is 1. The van der Waals surface area contributed by atoms with Crippen molar-refractivity contribution in [3.63, 3.8) is 0 Å². The Morgan fingerprint density at radius 2 is 2.06 bits per heavy atom.